The molecule has 1 atom stereocenters. The first kappa shape index (κ1) is 11.9. The van der Waals surface area contributed by atoms with E-state index in [0.717, 1.165) is 32.1 Å². The molecule has 0 aliphatic carbocycles. The van der Waals surface area contributed by atoms with Crippen LogP contribution in [0, 0.1) is 5.92 Å². The maximum atomic E-state index is 12.0. The number of hydrogen-bond donors (Lipinski definition) is 0. The number of unbranched alkanes of at least 4 members (excludes halogenated alkanes) is 1. The fourth-order valence-electron chi connectivity index (χ4n) is 1.53. The van der Waals surface area contributed by atoms with Crippen molar-refractivity contribution in [3.05, 3.63) is 0 Å². The van der Waals surface area contributed by atoms with Gasteiger partial charge in [0.15, 0.2) is 0 Å². The first-order valence-corrected chi connectivity index (χ1v) is 4.98. The number of halogens is 2. The molecule has 74 valence electrons. The zero-order valence-electron chi connectivity index (χ0n) is 8.15. The summed E-state index contributed by atoms with van der Waals surface area (Å²) in [6.07, 6.45) is 3.17. The number of hydrogen-bond acceptors (Lipinski definition) is 0. The summed E-state index contributed by atoms with van der Waals surface area (Å²) >= 11 is 0. The second-order valence-electron chi connectivity index (χ2n) is 3.42. The second-order valence-corrected chi connectivity index (χ2v) is 3.42. The first-order valence-electron chi connectivity index (χ1n) is 4.98. The van der Waals surface area contributed by atoms with Gasteiger partial charge in [-0.2, -0.15) is 0 Å². The van der Waals surface area contributed by atoms with Crippen molar-refractivity contribution in [3.63, 3.8) is 0 Å². The van der Waals surface area contributed by atoms with Gasteiger partial charge >= 0.3 is 0 Å². The highest BCUT2D eigenvalue weighted by atomic mass is 19.3. The molecule has 0 fully saturated rings. The molecular formula is C10H20F2. The van der Waals surface area contributed by atoms with Crippen LogP contribution < -0.4 is 0 Å². The summed E-state index contributed by atoms with van der Waals surface area (Å²) in [6, 6.07) is 0. The van der Waals surface area contributed by atoms with Crippen molar-refractivity contribution in [2.75, 3.05) is 0 Å². The Morgan fingerprint density at radius 2 is 1.67 bits per heavy atom. The van der Waals surface area contributed by atoms with Gasteiger partial charge in [0, 0.05) is 6.42 Å². The molecule has 0 rings (SSSR count). The normalized spacial score (nSPS) is 13.8. The summed E-state index contributed by atoms with van der Waals surface area (Å²) in [4.78, 5) is 0. The molecule has 0 heterocycles. The van der Waals surface area contributed by atoms with Crippen molar-refractivity contribution in [2.45, 2.75) is 58.8 Å². The molecular weight excluding hydrogens is 158 g/mol. The summed E-state index contributed by atoms with van der Waals surface area (Å²) in [5.74, 6) is 0.259. The SMILES string of the molecule is CCCCC(CCC)CC(F)F. The van der Waals surface area contributed by atoms with E-state index in [0.29, 0.717) is 0 Å². The Balaban J connectivity index is 3.54. The van der Waals surface area contributed by atoms with Crippen molar-refractivity contribution in [2.24, 2.45) is 5.92 Å². The summed E-state index contributed by atoms with van der Waals surface area (Å²) in [5.41, 5.74) is 0. The van der Waals surface area contributed by atoms with E-state index in [4.69, 9.17) is 0 Å². The van der Waals surface area contributed by atoms with Gasteiger partial charge in [0.1, 0.15) is 0 Å². The van der Waals surface area contributed by atoms with Crippen LogP contribution in [0.25, 0.3) is 0 Å². The van der Waals surface area contributed by atoms with Gasteiger partial charge < -0.3 is 0 Å². The zero-order valence-corrected chi connectivity index (χ0v) is 8.15. The Morgan fingerprint density at radius 3 is 2.08 bits per heavy atom. The molecule has 0 N–H and O–H groups in total. The van der Waals surface area contributed by atoms with Gasteiger partial charge in [-0.05, 0) is 5.92 Å². The molecule has 0 amide bonds. The van der Waals surface area contributed by atoms with Crippen LogP contribution in [-0.4, -0.2) is 6.43 Å². The quantitative estimate of drug-likeness (QED) is 0.546. The highest BCUT2D eigenvalue weighted by Gasteiger charge is 2.13. The molecule has 0 saturated carbocycles. The third kappa shape index (κ3) is 6.56. The van der Waals surface area contributed by atoms with E-state index in [9.17, 15) is 8.78 Å². The minimum atomic E-state index is -2.11. The van der Waals surface area contributed by atoms with Crippen molar-refractivity contribution in [1.82, 2.24) is 0 Å². The average molecular weight is 178 g/mol. The molecule has 0 aliphatic rings. The maximum absolute atomic E-state index is 12.0. The molecule has 0 saturated heterocycles. The van der Waals surface area contributed by atoms with E-state index in [-0.39, 0.29) is 12.3 Å². The molecule has 1 unspecified atom stereocenters. The van der Waals surface area contributed by atoms with Crippen LogP contribution in [0.15, 0.2) is 0 Å². The van der Waals surface area contributed by atoms with E-state index in [1.54, 1.807) is 0 Å². The first-order chi connectivity index (χ1) is 5.70. The Morgan fingerprint density at radius 1 is 1.00 bits per heavy atom. The average Bonchev–Trinajstić information content (AvgIpc) is 2.00. The van der Waals surface area contributed by atoms with Gasteiger partial charge in [0.25, 0.3) is 0 Å². The van der Waals surface area contributed by atoms with Gasteiger partial charge in [0.05, 0.1) is 0 Å². The predicted octanol–water partition coefficient (Wildman–Crippen LogP) is 4.25. The third-order valence-corrected chi connectivity index (χ3v) is 2.17. The van der Waals surface area contributed by atoms with E-state index >= 15 is 0 Å². The maximum Gasteiger partial charge on any atom is 0.238 e. The molecule has 0 aromatic heterocycles. The Kier molecular flexibility index (Phi) is 7.42. The van der Waals surface area contributed by atoms with Gasteiger partial charge in [-0.1, -0.05) is 46.0 Å². The molecule has 0 aromatic carbocycles. The van der Waals surface area contributed by atoms with Crippen LogP contribution in [0.1, 0.15) is 52.4 Å². The largest absolute Gasteiger partial charge is 0.238 e. The lowest BCUT2D eigenvalue weighted by Gasteiger charge is -2.14. The van der Waals surface area contributed by atoms with Crippen LogP contribution in [0.3, 0.4) is 0 Å². The van der Waals surface area contributed by atoms with Crippen molar-refractivity contribution < 1.29 is 8.78 Å². The fraction of sp³-hybridized carbons (Fsp3) is 1.00. The van der Waals surface area contributed by atoms with Gasteiger partial charge in [-0.3, -0.25) is 0 Å². The van der Waals surface area contributed by atoms with Crippen LogP contribution in [0.4, 0.5) is 8.78 Å². The van der Waals surface area contributed by atoms with Crippen LogP contribution in [0.5, 0.6) is 0 Å². The lowest BCUT2D eigenvalue weighted by Crippen LogP contribution is -2.05. The fourth-order valence-corrected chi connectivity index (χ4v) is 1.53. The topological polar surface area (TPSA) is 0 Å². The van der Waals surface area contributed by atoms with E-state index in [1.165, 1.54) is 0 Å². The van der Waals surface area contributed by atoms with E-state index in [1.807, 2.05) is 0 Å². The van der Waals surface area contributed by atoms with Gasteiger partial charge in [-0.15, -0.1) is 0 Å². The van der Waals surface area contributed by atoms with E-state index < -0.39 is 6.43 Å². The minimum absolute atomic E-state index is 0.105. The lowest BCUT2D eigenvalue weighted by molar-refractivity contribution is 0.109. The van der Waals surface area contributed by atoms with Gasteiger partial charge in [-0.25, -0.2) is 8.78 Å². The molecule has 0 radical (unpaired) electrons. The summed E-state index contributed by atoms with van der Waals surface area (Å²) in [5, 5.41) is 0. The third-order valence-electron chi connectivity index (χ3n) is 2.17. The van der Waals surface area contributed by atoms with Crippen molar-refractivity contribution in [1.29, 1.82) is 0 Å². The zero-order chi connectivity index (χ0) is 9.40. The number of rotatable bonds is 7. The Bertz CT molecular complexity index is 91.8. The number of alkyl halides is 2. The predicted molar refractivity (Wildman–Crippen MR) is 48.5 cm³/mol. The minimum Gasteiger partial charge on any atom is -0.211 e. The summed E-state index contributed by atoms with van der Waals surface area (Å²) < 4.78 is 24.1. The standard InChI is InChI=1S/C10H20F2/c1-3-5-7-9(6-4-2)8-10(11)12/h9-10H,3-8H2,1-2H3. The van der Waals surface area contributed by atoms with Crippen LogP contribution in [-0.2, 0) is 0 Å². The highest BCUT2D eigenvalue weighted by molar-refractivity contribution is 4.60. The summed E-state index contributed by atoms with van der Waals surface area (Å²) in [6.45, 7) is 4.16. The van der Waals surface area contributed by atoms with Crippen molar-refractivity contribution >= 4 is 0 Å². The molecule has 0 aromatic rings. The molecule has 0 nitrogen and oxygen atoms in total. The monoisotopic (exact) mass is 178 g/mol. The molecule has 0 bridgehead atoms. The van der Waals surface area contributed by atoms with E-state index in [2.05, 4.69) is 13.8 Å². The molecule has 0 spiro atoms. The highest BCUT2D eigenvalue weighted by Crippen LogP contribution is 2.21. The Hall–Kier alpha value is -0.140. The second kappa shape index (κ2) is 7.51. The smallest absolute Gasteiger partial charge is 0.211 e. The molecule has 2 heteroatoms. The van der Waals surface area contributed by atoms with Crippen LogP contribution >= 0.6 is 0 Å². The van der Waals surface area contributed by atoms with Gasteiger partial charge in [0.2, 0.25) is 6.43 Å². The Labute approximate surface area is 74.4 Å². The van der Waals surface area contributed by atoms with Crippen LogP contribution in [0.2, 0.25) is 0 Å². The molecule has 12 heavy (non-hydrogen) atoms. The molecule has 0 aliphatic heterocycles. The lowest BCUT2D eigenvalue weighted by atomic mass is 9.94. The summed E-state index contributed by atoms with van der Waals surface area (Å²) in [7, 11) is 0. The van der Waals surface area contributed by atoms with Crippen molar-refractivity contribution in [3.8, 4) is 0 Å².